The van der Waals surface area contributed by atoms with Gasteiger partial charge in [0.1, 0.15) is 11.5 Å². The molecule has 1 heterocycles. The normalized spacial score (nSPS) is 15.4. The van der Waals surface area contributed by atoms with Crippen LogP contribution in [0.3, 0.4) is 0 Å². The minimum atomic E-state index is 0.00725. The van der Waals surface area contributed by atoms with Crippen LogP contribution in [0.4, 0.5) is 0 Å². The highest BCUT2D eigenvalue weighted by Crippen LogP contribution is 2.17. The number of rotatable bonds is 7. The molecule has 0 radical (unpaired) electrons. The van der Waals surface area contributed by atoms with E-state index < -0.39 is 0 Å². The highest BCUT2D eigenvalue weighted by molar-refractivity contribution is 5.77. The Morgan fingerprint density at radius 3 is 2.41 bits per heavy atom. The van der Waals surface area contributed by atoms with E-state index >= 15 is 0 Å². The first-order chi connectivity index (χ1) is 10.7. The predicted octanol–water partition coefficient (Wildman–Crippen LogP) is 2.02. The van der Waals surface area contributed by atoms with Gasteiger partial charge >= 0.3 is 0 Å². The van der Waals surface area contributed by atoms with Crippen LogP contribution in [0.1, 0.15) is 19.3 Å². The molecule has 0 N–H and O–H groups in total. The minimum absolute atomic E-state index is 0.00725. The maximum atomic E-state index is 12.1. The molecule has 0 spiro atoms. The molecular formula is C17H26N2O3. The molecule has 122 valence electrons. The zero-order valence-electron chi connectivity index (χ0n) is 13.6. The maximum absolute atomic E-state index is 12.1. The van der Waals surface area contributed by atoms with Gasteiger partial charge in [0.2, 0.25) is 0 Å². The molecule has 0 bridgehead atoms. The lowest BCUT2D eigenvalue weighted by Crippen LogP contribution is -2.40. The number of methoxy groups -OCH3 is 1. The largest absolute Gasteiger partial charge is 0.497 e. The van der Waals surface area contributed by atoms with Crippen LogP contribution >= 0.6 is 0 Å². The van der Waals surface area contributed by atoms with E-state index in [-0.39, 0.29) is 12.5 Å². The van der Waals surface area contributed by atoms with E-state index in [0.29, 0.717) is 5.75 Å². The van der Waals surface area contributed by atoms with E-state index in [1.54, 1.807) is 24.1 Å². The van der Waals surface area contributed by atoms with Crippen molar-refractivity contribution in [1.82, 2.24) is 9.80 Å². The molecule has 22 heavy (non-hydrogen) atoms. The third-order valence-electron chi connectivity index (χ3n) is 4.05. The fourth-order valence-electron chi connectivity index (χ4n) is 2.53. The molecule has 1 amide bonds. The highest BCUT2D eigenvalue weighted by Gasteiger charge is 2.13. The first-order valence-corrected chi connectivity index (χ1v) is 7.92. The topological polar surface area (TPSA) is 42.0 Å². The number of carbonyl (C=O) groups excluding carboxylic acids is 1. The molecule has 0 atom stereocenters. The summed E-state index contributed by atoms with van der Waals surface area (Å²) in [6.45, 7) is 4.09. The third kappa shape index (κ3) is 5.22. The van der Waals surface area contributed by atoms with Gasteiger partial charge in [-0.3, -0.25) is 4.79 Å². The van der Waals surface area contributed by atoms with Crippen LogP contribution in [0.25, 0.3) is 0 Å². The van der Waals surface area contributed by atoms with Gasteiger partial charge in [0.25, 0.3) is 5.91 Å². The summed E-state index contributed by atoms with van der Waals surface area (Å²) < 4.78 is 10.6. The number of piperidine rings is 1. The number of hydrogen-bond acceptors (Lipinski definition) is 4. The zero-order chi connectivity index (χ0) is 15.8. The monoisotopic (exact) mass is 306 g/mol. The van der Waals surface area contributed by atoms with Crippen LogP contribution in [0.2, 0.25) is 0 Å². The van der Waals surface area contributed by atoms with Crippen LogP contribution in [0, 0.1) is 0 Å². The first kappa shape index (κ1) is 16.6. The van der Waals surface area contributed by atoms with E-state index in [9.17, 15) is 4.79 Å². The molecule has 1 aromatic rings. The molecule has 1 aliphatic heterocycles. The summed E-state index contributed by atoms with van der Waals surface area (Å²) in [5, 5.41) is 0. The van der Waals surface area contributed by atoms with Crippen LogP contribution in [-0.2, 0) is 4.79 Å². The van der Waals surface area contributed by atoms with Crippen molar-refractivity contribution in [3.8, 4) is 11.5 Å². The molecule has 5 nitrogen and oxygen atoms in total. The molecule has 5 heteroatoms. The summed E-state index contributed by atoms with van der Waals surface area (Å²) >= 11 is 0. The SMILES string of the molecule is COc1ccc(OCC(=O)N(C)CCN2CCCCC2)cc1. The molecule has 1 saturated heterocycles. The fraction of sp³-hybridized carbons (Fsp3) is 0.588. The van der Waals surface area contributed by atoms with Crippen LogP contribution in [-0.4, -0.2) is 62.7 Å². The molecule has 0 aromatic heterocycles. The Balaban J connectivity index is 1.68. The lowest BCUT2D eigenvalue weighted by molar-refractivity contribution is -0.132. The maximum Gasteiger partial charge on any atom is 0.260 e. The third-order valence-corrected chi connectivity index (χ3v) is 4.05. The Morgan fingerprint density at radius 2 is 1.77 bits per heavy atom. The highest BCUT2D eigenvalue weighted by atomic mass is 16.5. The molecule has 0 aliphatic carbocycles. The fourth-order valence-corrected chi connectivity index (χ4v) is 2.53. The van der Waals surface area contributed by atoms with Crippen molar-refractivity contribution < 1.29 is 14.3 Å². The molecule has 1 aliphatic rings. The molecule has 1 aromatic carbocycles. The van der Waals surface area contributed by atoms with Gasteiger partial charge in [-0.25, -0.2) is 0 Å². The molecule has 0 unspecified atom stereocenters. The summed E-state index contributed by atoms with van der Waals surface area (Å²) in [5.41, 5.74) is 0. The second-order valence-electron chi connectivity index (χ2n) is 5.68. The Kier molecular flexibility index (Phi) is 6.52. The summed E-state index contributed by atoms with van der Waals surface area (Å²) in [6, 6.07) is 7.25. The standard InChI is InChI=1S/C17H26N2O3/c1-18(12-13-19-10-4-3-5-11-19)17(20)14-22-16-8-6-15(21-2)7-9-16/h6-9H,3-5,10-14H2,1-2H3. The number of carbonyl (C=O) groups is 1. The smallest absolute Gasteiger partial charge is 0.260 e. The molecule has 2 rings (SSSR count). The van der Waals surface area contributed by atoms with Crippen molar-refractivity contribution in [1.29, 1.82) is 0 Å². The van der Waals surface area contributed by atoms with E-state index in [4.69, 9.17) is 9.47 Å². The lowest BCUT2D eigenvalue weighted by Gasteiger charge is -2.28. The van der Waals surface area contributed by atoms with Gasteiger partial charge in [-0.2, -0.15) is 0 Å². The zero-order valence-corrected chi connectivity index (χ0v) is 13.6. The second-order valence-corrected chi connectivity index (χ2v) is 5.68. The van der Waals surface area contributed by atoms with E-state index in [1.165, 1.54) is 19.3 Å². The van der Waals surface area contributed by atoms with Gasteiger partial charge in [-0.15, -0.1) is 0 Å². The number of amides is 1. The number of benzene rings is 1. The number of ether oxygens (including phenoxy) is 2. The molecule has 1 fully saturated rings. The van der Waals surface area contributed by atoms with Crippen molar-refractivity contribution in [3.63, 3.8) is 0 Å². The average molecular weight is 306 g/mol. The Hall–Kier alpha value is -1.75. The first-order valence-electron chi connectivity index (χ1n) is 7.92. The summed E-state index contributed by atoms with van der Waals surface area (Å²) in [6.07, 6.45) is 3.89. The van der Waals surface area contributed by atoms with Crippen molar-refractivity contribution in [2.75, 3.05) is 46.9 Å². The van der Waals surface area contributed by atoms with Crippen molar-refractivity contribution in [2.45, 2.75) is 19.3 Å². The van der Waals surface area contributed by atoms with Crippen LogP contribution in [0.5, 0.6) is 11.5 Å². The number of likely N-dealkylation sites (tertiary alicyclic amines) is 1. The Morgan fingerprint density at radius 1 is 1.14 bits per heavy atom. The quantitative estimate of drug-likeness (QED) is 0.773. The Bertz CT molecular complexity index is 455. The van der Waals surface area contributed by atoms with Gasteiger partial charge < -0.3 is 19.3 Å². The number of likely N-dealkylation sites (N-methyl/N-ethyl adjacent to an activating group) is 1. The van der Waals surface area contributed by atoms with Crippen molar-refractivity contribution in [2.24, 2.45) is 0 Å². The summed E-state index contributed by atoms with van der Waals surface area (Å²) in [4.78, 5) is 16.2. The number of hydrogen-bond donors (Lipinski definition) is 0. The van der Waals surface area contributed by atoms with Gasteiger partial charge in [0, 0.05) is 20.1 Å². The number of nitrogens with zero attached hydrogens (tertiary/aromatic N) is 2. The van der Waals surface area contributed by atoms with Gasteiger partial charge in [-0.05, 0) is 50.2 Å². The van der Waals surface area contributed by atoms with E-state index in [1.807, 2.05) is 19.2 Å². The predicted molar refractivity (Wildman–Crippen MR) is 86.4 cm³/mol. The molecule has 0 saturated carbocycles. The average Bonchev–Trinajstić information content (AvgIpc) is 2.58. The van der Waals surface area contributed by atoms with Crippen LogP contribution in [0.15, 0.2) is 24.3 Å². The summed E-state index contributed by atoms with van der Waals surface area (Å²) in [5.74, 6) is 1.46. The van der Waals surface area contributed by atoms with Crippen molar-refractivity contribution in [3.05, 3.63) is 24.3 Å². The van der Waals surface area contributed by atoms with Gasteiger partial charge in [0.15, 0.2) is 6.61 Å². The van der Waals surface area contributed by atoms with E-state index in [2.05, 4.69) is 4.90 Å². The second kappa shape index (κ2) is 8.63. The van der Waals surface area contributed by atoms with Gasteiger partial charge in [-0.1, -0.05) is 6.42 Å². The van der Waals surface area contributed by atoms with E-state index in [0.717, 1.165) is 31.9 Å². The molecular weight excluding hydrogens is 280 g/mol. The van der Waals surface area contributed by atoms with Crippen molar-refractivity contribution >= 4 is 5.91 Å². The summed E-state index contributed by atoms with van der Waals surface area (Å²) in [7, 11) is 3.46. The van der Waals surface area contributed by atoms with Crippen LogP contribution < -0.4 is 9.47 Å². The lowest BCUT2D eigenvalue weighted by atomic mass is 10.1. The minimum Gasteiger partial charge on any atom is -0.497 e. The van der Waals surface area contributed by atoms with Gasteiger partial charge in [0.05, 0.1) is 7.11 Å². The Labute approximate surface area is 132 Å².